The number of anilines is 1. The summed E-state index contributed by atoms with van der Waals surface area (Å²) in [6.45, 7) is 1.56. The average Bonchev–Trinajstić information content (AvgIpc) is 3.25. The molecule has 1 fully saturated rings. The first kappa shape index (κ1) is 20.4. The van der Waals surface area contributed by atoms with Gasteiger partial charge in [0.05, 0.1) is 23.4 Å². The third kappa shape index (κ3) is 3.90. The molecule has 5 rings (SSSR count). The maximum absolute atomic E-state index is 14.3. The molecule has 0 bridgehead atoms. The van der Waals surface area contributed by atoms with Gasteiger partial charge in [-0.1, -0.05) is 11.8 Å². The predicted octanol–water partition coefficient (Wildman–Crippen LogP) is 3.91. The Morgan fingerprint density at radius 2 is 1.97 bits per heavy atom. The molecule has 0 amide bonds. The fraction of sp³-hybridized carbons (Fsp3) is 0.217. The summed E-state index contributed by atoms with van der Waals surface area (Å²) in [5.41, 5.74) is 2.75. The Bertz CT molecular complexity index is 1310. The molecule has 32 heavy (non-hydrogen) atoms. The first-order valence-corrected chi connectivity index (χ1v) is 11.0. The highest BCUT2D eigenvalue weighted by Gasteiger charge is 2.19. The molecule has 7 nitrogen and oxygen atoms in total. The molecule has 9 heteroatoms. The van der Waals surface area contributed by atoms with Gasteiger partial charge in [-0.3, -0.25) is 0 Å². The van der Waals surface area contributed by atoms with Gasteiger partial charge in [-0.2, -0.15) is 10.4 Å². The van der Waals surface area contributed by atoms with E-state index in [1.807, 2.05) is 24.4 Å². The van der Waals surface area contributed by atoms with Crippen molar-refractivity contribution >= 4 is 23.1 Å². The topological polar surface area (TPSA) is 90.3 Å². The monoisotopic (exact) mass is 446 g/mol. The van der Waals surface area contributed by atoms with Crippen LogP contribution in [0.5, 0.6) is 0 Å². The summed E-state index contributed by atoms with van der Waals surface area (Å²) in [4.78, 5) is 11.6. The third-order valence-corrected chi connectivity index (χ3v) is 6.52. The molecule has 1 aliphatic heterocycles. The van der Waals surface area contributed by atoms with Crippen LogP contribution in [-0.2, 0) is 0 Å². The molecule has 0 spiro atoms. The molecule has 0 saturated carbocycles. The van der Waals surface area contributed by atoms with E-state index < -0.39 is 5.82 Å². The highest BCUT2D eigenvalue weighted by molar-refractivity contribution is 7.99. The van der Waals surface area contributed by atoms with E-state index in [1.165, 1.54) is 18.5 Å². The van der Waals surface area contributed by atoms with Crippen LogP contribution in [0.25, 0.3) is 16.6 Å². The lowest BCUT2D eigenvalue weighted by atomic mass is 10.1. The number of nitriles is 1. The van der Waals surface area contributed by atoms with Gasteiger partial charge >= 0.3 is 0 Å². The van der Waals surface area contributed by atoms with Gasteiger partial charge in [-0.25, -0.2) is 18.9 Å². The Balaban J connectivity index is 1.52. The number of fused-ring (bicyclic) bond motifs is 1. The summed E-state index contributed by atoms with van der Waals surface area (Å²) < 4.78 is 15.9. The van der Waals surface area contributed by atoms with Gasteiger partial charge in [0.1, 0.15) is 16.9 Å². The van der Waals surface area contributed by atoms with Gasteiger partial charge in [0.2, 0.25) is 0 Å². The number of aromatic nitrogens is 4. The minimum Gasteiger partial charge on any atom is -0.393 e. The lowest BCUT2D eigenvalue weighted by Gasteiger charge is -2.30. The normalized spacial score (nSPS) is 14.6. The van der Waals surface area contributed by atoms with Crippen molar-refractivity contribution in [2.45, 2.75) is 28.9 Å². The summed E-state index contributed by atoms with van der Waals surface area (Å²) in [5.74, 6) is 0.453. The number of aliphatic hydroxyl groups is 1. The van der Waals surface area contributed by atoms with Crippen LogP contribution >= 0.6 is 11.8 Å². The minimum absolute atomic E-state index is 0.232. The number of pyridine rings is 3. The zero-order chi connectivity index (χ0) is 22.1. The van der Waals surface area contributed by atoms with Crippen LogP contribution in [0.3, 0.4) is 0 Å². The van der Waals surface area contributed by atoms with Crippen molar-refractivity contribution in [3.63, 3.8) is 0 Å². The molecule has 1 N–H and O–H groups in total. The van der Waals surface area contributed by atoms with E-state index in [9.17, 15) is 14.8 Å². The molecule has 4 aromatic rings. The van der Waals surface area contributed by atoms with Crippen molar-refractivity contribution < 1.29 is 9.50 Å². The molecule has 0 aliphatic carbocycles. The number of nitrogens with zero attached hydrogens (tertiary/aromatic N) is 6. The Morgan fingerprint density at radius 1 is 1.12 bits per heavy atom. The quantitative estimate of drug-likeness (QED) is 0.508. The number of piperidine rings is 1. The molecule has 4 aromatic heterocycles. The summed E-state index contributed by atoms with van der Waals surface area (Å²) >= 11 is 1.16. The Hall–Kier alpha value is -3.48. The maximum Gasteiger partial charge on any atom is 0.155 e. The smallest absolute Gasteiger partial charge is 0.155 e. The van der Waals surface area contributed by atoms with Gasteiger partial charge in [-0.15, -0.1) is 0 Å². The van der Waals surface area contributed by atoms with Crippen LogP contribution in [0.4, 0.5) is 10.2 Å². The van der Waals surface area contributed by atoms with Crippen LogP contribution in [0.2, 0.25) is 0 Å². The molecular weight excluding hydrogens is 427 g/mol. The summed E-state index contributed by atoms with van der Waals surface area (Å²) in [6, 6.07) is 10.9. The lowest BCUT2D eigenvalue weighted by molar-refractivity contribution is 0.145. The number of halogens is 1. The van der Waals surface area contributed by atoms with Gasteiger partial charge < -0.3 is 10.0 Å². The molecule has 5 heterocycles. The van der Waals surface area contributed by atoms with E-state index in [-0.39, 0.29) is 11.1 Å². The Labute approximate surface area is 188 Å². The SMILES string of the molecule is N#Cc1cnn2cc(-c3ccc(N4CCC(O)CC4)nc3)cc(Sc3ncccc3F)c12. The standard InChI is InChI=1S/C23H19FN6OS/c24-19-2-1-7-26-23(19)32-20-10-16(14-30-22(20)17(11-25)13-28-30)15-3-4-21(27-12-15)29-8-5-18(31)6-9-29/h1-4,7,10,12-14,18,31H,5-6,8-9H2. The van der Waals surface area contributed by atoms with Crippen LogP contribution in [0, 0.1) is 17.1 Å². The van der Waals surface area contributed by atoms with Crippen molar-refractivity contribution in [3.05, 3.63) is 66.5 Å². The summed E-state index contributed by atoms with van der Waals surface area (Å²) in [7, 11) is 0. The molecular formula is C23H19FN6OS. The third-order valence-electron chi connectivity index (χ3n) is 5.50. The number of aliphatic hydroxyl groups excluding tert-OH is 1. The van der Waals surface area contributed by atoms with Gasteiger partial charge in [0.15, 0.2) is 5.82 Å². The predicted molar refractivity (Wildman–Crippen MR) is 119 cm³/mol. The van der Waals surface area contributed by atoms with Crippen molar-refractivity contribution in [3.8, 4) is 17.2 Å². The first-order chi connectivity index (χ1) is 15.6. The second-order valence-corrected chi connectivity index (χ2v) is 8.60. The number of hydrogen-bond acceptors (Lipinski definition) is 7. The molecule has 0 atom stereocenters. The van der Waals surface area contributed by atoms with Crippen molar-refractivity contribution in [1.29, 1.82) is 5.26 Å². The fourth-order valence-corrected chi connectivity index (χ4v) is 4.76. The van der Waals surface area contributed by atoms with Crippen LogP contribution < -0.4 is 4.90 Å². The van der Waals surface area contributed by atoms with E-state index in [1.54, 1.807) is 16.8 Å². The lowest BCUT2D eigenvalue weighted by Crippen LogP contribution is -2.36. The second kappa shape index (κ2) is 8.57. The van der Waals surface area contributed by atoms with Crippen LogP contribution in [0.15, 0.2) is 65.0 Å². The van der Waals surface area contributed by atoms with Gasteiger partial charge in [0.25, 0.3) is 0 Å². The van der Waals surface area contributed by atoms with Crippen molar-refractivity contribution in [2.75, 3.05) is 18.0 Å². The van der Waals surface area contributed by atoms with Crippen LogP contribution in [-0.4, -0.2) is 43.9 Å². The largest absolute Gasteiger partial charge is 0.393 e. The molecule has 0 radical (unpaired) electrons. The summed E-state index contributed by atoms with van der Waals surface area (Å²) in [6.07, 6.45) is 7.93. The van der Waals surface area contributed by atoms with E-state index >= 15 is 0 Å². The molecule has 0 unspecified atom stereocenters. The van der Waals surface area contributed by atoms with E-state index in [0.29, 0.717) is 16.0 Å². The van der Waals surface area contributed by atoms with Gasteiger partial charge in [-0.05, 0) is 43.2 Å². The molecule has 1 aliphatic rings. The number of rotatable bonds is 4. The van der Waals surface area contributed by atoms with E-state index in [0.717, 1.165) is 54.6 Å². The summed E-state index contributed by atoms with van der Waals surface area (Å²) in [5, 5.41) is 23.8. The molecule has 0 aromatic carbocycles. The first-order valence-electron chi connectivity index (χ1n) is 10.2. The zero-order valence-electron chi connectivity index (χ0n) is 17.0. The minimum atomic E-state index is -0.420. The zero-order valence-corrected chi connectivity index (χ0v) is 17.8. The maximum atomic E-state index is 14.3. The van der Waals surface area contributed by atoms with Crippen molar-refractivity contribution in [1.82, 2.24) is 19.6 Å². The van der Waals surface area contributed by atoms with Gasteiger partial charge in [0, 0.05) is 47.7 Å². The van der Waals surface area contributed by atoms with Crippen molar-refractivity contribution in [2.24, 2.45) is 0 Å². The molecule has 1 saturated heterocycles. The Morgan fingerprint density at radius 3 is 2.69 bits per heavy atom. The fourth-order valence-electron chi connectivity index (χ4n) is 3.79. The highest BCUT2D eigenvalue weighted by atomic mass is 32.2. The highest BCUT2D eigenvalue weighted by Crippen LogP contribution is 2.36. The molecule has 160 valence electrons. The number of hydrogen-bond donors (Lipinski definition) is 1. The van der Waals surface area contributed by atoms with E-state index in [2.05, 4.69) is 26.0 Å². The second-order valence-electron chi connectivity index (χ2n) is 7.57. The average molecular weight is 447 g/mol. The van der Waals surface area contributed by atoms with E-state index in [4.69, 9.17) is 0 Å². The Kier molecular flexibility index (Phi) is 5.47. The van der Waals surface area contributed by atoms with Crippen LogP contribution in [0.1, 0.15) is 18.4 Å².